The number of nitrogens with one attached hydrogen (secondary N) is 6. The number of amides is 6. The number of hydrogen-bond donors (Lipinski definition) is 8. The number of benzene rings is 4. The van der Waals surface area contributed by atoms with Gasteiger partial charge in [-0.05, 0) is 104 Å². The van der Waals surface area contributed by atoms with Crippen molar-refractivity contribution in [1.82, 2.24) is 34.5 Å². The summed E-state index contributed by atoms with van der Waals surface area (Å²) in [6.45, 7) is 6.14. The maximum Gasteiger partial charge on any atom is 0.342 e. The molecule has 5 atom stereocenters. The Morgan fingerprint density at radius 1 is 0.693 bits per heavy atom. The quantitative estimate of drug-likeness (QED) is 0.0306. The molecule has 0 spiro atoms. The van der Waals surface area contributed by atoms with Gasteiger partial charge >= 0.3 is 24.0 Å². The lowest BCUT2D eigenvalue weighted by atomic mass is 9.99. The van der Waals surface area contributed by atoms with E-state index in [-0.39, 0.29) is 67.5 Å². The highest BCUT2D eigenvalue weighted by Gasteiger charge is 2.56. The highest BCUT2D eigenvalue weighted by molar-refractivity contribution is 7.94. The number of carbonyl (C=O) groups excluding carboxylic acids is 4. The summed E-state index contributed by atoms with van der Waals surface area (Å²) in [5, 5.41) is 40.5. The second-order valence-electron chi connectivity index (χ2n) is 21.1. The average Bonchev–Trinajstić information content (AvgIpc) is 3.14. The molecular formula is C60H67N11O15S2. The summed E-state index contributed by atoms with van der Waals surface area (Å²) in [5.74, 6) is -4.53. The molecule has 6 amide bonds. The smallest absolute Gasteiger partial charge is 0.342 e. The van der Waals surface area contributed by atoms with E-state index in [2.05, 4.69) is 36.6 Å². The summed E-state index contributed by atoms with van der Waals surface area (Å²) in [6.07, 6.45) is 0.510. The lowest BCUT2D eigenvalue weighted by molar-refractivity contribution is -0.141. The number of para-hydroxylation sites is 2. The first-order valence-corrected chi connectivity index (χ1v) is 30.5. The molecule has 2 aliphatic heterocycles. The van der Waals surface area contributed by atoms with Gasteiger partial charge in [0.1, 0.15) is 11.8 Å². The van der Waals surface area contributed by atoms with Gasteiger partial charge in [0.15, 0.2) is 11.5 Å². The van der Waals surface area contributed by atoms with Gasteiger partial charge in [0.25, 0.3) is 4.87 Å². The van der Waals surface area contributed by atoms with Crippen LogP contribution < -0.4 is 35.4 Å². The number of urea groups is 2. The van der Waals surface area contributed by atoms with Gasteiger partial charge in [-0.3, -0.25) is 19.4 Å². The van der Waals surface area contributed by atoms with Crippen molar-refractivity contribution in [3.8, 4) is 5.75 Å². The Bertz CT molecular complexity index is 3940. The highest BCUT2D eigenvalue weighted by atomic mass is 32.2. The van der Waals surface area contributed by atoms with Gasteiger partial charge in [-0.2, -0.15) is 9.44 Å². The van der Waals surface area contributed by atoms with Crippen LogP contribution in [0.5, 0.6) is 5.75 Å². The first-order valence-electron chi connectivity index (χ1n) is 27.5. The van der Waals surface area contributed by atoms with Crippen molar-refractivity contribution >= 4 is 78.6 Å². The molecule has 0 saturated carbocycles. The van der Waals surface area contributed by atoms with Crippen LogP contribution in [0.25, 0.3) is 0 Å². The summed E-state index contributed by atoms with van der Waals surface area (Å²) < 4.78 is 78.3. The number of methoxy groups -OCH3 is 1. The van der Waals surface area contributed by atoms with Crippen LogP contribution in [0.3, 0.4) is 0 Å². The molecule has 26 nitrogen and oxygen atoms in total. The molecule has 2 saturated heterocycles. The fourth-order valence-electron chi connectivity index (χ4n) is 10.5. The molecule has 7 aromatic rings. The number of hydrogen-bond acceptors (Lipinski definition) is 16. The third-order valence-electron chi connectivity index (χ3n) is 15.0. The molecule has 2 fully saturated rings. The van der Waals surface area contributed by atoms with E-state index in [1.807, 2.05) is 54.5 Å². The van der Waals surface area contributed by atoms with E-state index in [1.54, 1.807) is 59.5 Å². The second kappa shape index (κ2) is 27.5. The van der Waals surface area contributed by atoms with Crippen LogP contribution in [0.2, 0.25) is 0 Å². The molecule has 88 heavy (non-hydrogen) atoms. The Labute approximate surface area is 507 Å². The largest absolute Gasteiger partial charge is 0.495 e. The fourth-order valence-corrected chi connectivity index (χ4v) is 13.8. The minimum Gasteiger partial charge on any atom is -0.495 e. The first-order chi connectivity index (χ1) is 41.5. The van der Waals surface area contributed by atoms with Gasteiger partial charge in [0.05, 0.1) is 65.9 Å². The van der Waals surface area contributed by atoms with E-state index in [4.69, 9.17) is 13.8 Å². The number of anilines is 4. The number of likely N-dealkylation sites (tertiary alicyclic amines) is 2. The normalized spacial score (nSPS) is 16.8. The number of nitrogens with zero attached hydrogens (tertiary/aromatic N) is 5. The topological polar surface area (TPSA) is 364 Å². The molecule has 9 rings (SSSR count). The lowest BCUT2D eigenvalue weighted by Crippen LogP contribution is -2.66. The monoisotopic (exact) mass is 1250 g/mol. The van der Waals surface area contributed by atoms with Gasteiger partial charge in [-0.25, -0.2) is 31.2 Å². The number of carbonyl (C=O) groups is 6. The number of aryl methyl sites for hydroxylation is 2. The van der Waals surface area contributed by atoms with E-state index in [9.17, 15) is 55.8 Å². The summed E-state index contributed by atoms with van der Waals surface area (Å²) in [4.78, 5) is 83.3. The highest BCUT2D eigenvalue weighted by Crippen LogP contribution is 2.39. The van der Waals surface area contributed by atoms with Gasteiger partial charge < -0.3 is 55.1 Å². The van der Waals surface area contributed by atoms with Crippen molar-refractivity contribution in [3.05, 3.63) is 173 Å². The van der Waals surface area contributed by atoms with E-state index in [0.29, 0.717) is 59.8 Å². The van der Waals surface area contributed by atoms with E-state index < -0.39 is 90.5 Å². The third-order valence-corrected chi connectivity index (χ3v) is 18.6. The van der Waals surface area contributed by atoms with Crippen LogP contribution in [-0.4, -0.2) is 119 Å². The lowest BCUT2D eigenvalue weighted by Gasteiger charge is -2.30. The van der Waals surface area contributed by atoms with Crippen LogP contribution in [0.4, 0.5) is 32.3 Å². The van der Waals surface area contributed by atoms with Crippen LogP contribution in [0.1, 0.15) is 91.0 Å². The number of carboxylic acid groups (broad SMARTS) is 2. The molecule has 0 radical (unpaired) electrons. The van der Waals surface area contributed by atoms with Crippen LogP contribution in [-0.2, 0) is 64.9 Å². The van der Waals surface area contributed by atoms with Crippen LogP contribution in [0, 0.1) is 19.8 Å². The zero-order valence-corrected chi connectivity index (χ0v) is 49.2. The van der Waals surface area contributed by atoms with Crippen molar-refractivity contribution in [2.45, 2.75) is 101 Å². The predicted molar refractivity (Wildman–Crippen MR) is 322 cm³/mol. The molecule has 5 unspecified atom stereocenters. The van der Waals surface area contributed by atoms with Crippen molar-refractivity contribution in [1.29, 1.82) is 0 Å². The Balaban J connectivity index is 0.0000100. The molecule has 28 heteroatoms. The molecule has 464 valence electrons. The van der Waals surface area contributed by atoms with Crippen molar-refractivity contribution in [2.24, 2.45) is 5.92 Å². The van der Waals surface area contributed by atoms with Crippen molar-refractivity contribution in [3.63, 3.8) is 0 Å². The number of aliphatic carboxylic acids is 2. The first kappa shape index (κ1) is 64.5. The Hall–Kier alpha value is -9.51. The number of pyridine rings is 1. The molecule has 5 heterocycles. The Kier molecular flexibility index (Phi) is 20.1. The summed E-state index contributed by atoms with van der Waals surface area (Å²) in [5.41, 5.74) is 4.09. The van der Waals surface area contributed by atoms with E-state index in [1.165, 1.54) is 48.5 Å². The van der Waals surface area contributed by atoms with Gasteiger partial charge in [-0.1, -0.05) is 85.3 Å². The summed E-state index contributed by atoms with van der Waals surface area (Å²) in [6, 6.07) is 26.7. The molecular weight excluding hydrogens is 1180 g/mol. The van der Waals surface area contributed by atoms with Crippen molar-refractivity contribution < 1.29 is 69.6 Å². The SMILES string of the molecule is C.COc1cc(CC(=O)N2CCCC2c2cc(CC(NS(=O)(=O)c3ccccc3)(C(=O)O)S(=O)(=O)NC(Cc3cc(C4C(C)CCN4C(=O)Cc4ccc(NC(=O)Nc5ccccc5C)cn4)on3)C(=O)O)no2)ccc1NC(=O)Nc1ccccc1C. The Morgan fingerprint density at radius 2 is 1.31 bits per heavy atom. The van der Waals surface area contributed by atoms with Crippen LogP contribution >= 0.6 is 0 Å². The Morgan fingerprint density at radius 3 is 1.94 bits per heavy atom. The number of sulfonamides is 2. The zero-order chi connectivity index (χ0) is 62.2. The second-order valence-corrected chi connectivity index (χ2v) is 24.8. The van der Waals surface area contributed by atoms with E-state index in [0.717, 1.165) is 23.3 Å². The number of rotatable bonds is 23. The third kappa shape index (κ3) is 14.8. The molecule has 0 bridgehead atoms. The average molecular weight is 1250 g/mol. The standard InChI is InChI=1S/C59H63N11O15S2.CH4/c1-35-13-8-10-17-44(35)62-57(77)61-40-22-21-39(60-34-40)32-53(72)70-26-24-37(3)54(70)51-30-41(65-85-51)29-47(55(73)74)67-87(81,82)59(56(75)76,68-86(79,80)43-15-6-5-7-16-43)33-42-31-50(84-66-42)48-19-12-25-69(48)52(71)28-38-20-23-46(49(27-38)83-4)64-58(78)63-45-18-11-9-14-36(45)2;/h5-11,13-18,20-23,27,30-31,34,37,47-48,54,67-68H,12,19,24-26,28-29,32-33H2,1-4H3,(H,73,74)(H,75,76)(H2,61,62,77)(H2,63,64,78);1H4. The molecule has 4 aromatic carbocycles. The maximum atomic E-state index is 14.8. The maximum absolute atomic E-state index is 14.8. The summed E-state index contributed by atoms with van der Waals surface area (Å²) in [7, 11) is -9.37. The molecule has 3 aromatic heterocycles. The molecule has 2 aliphatic rings. The predicted octanol–water partition coefficient (Wildman–Crippen LogP) is 7.58. The van der Waals surface area contributed by atoms with Gasteiger partial charge in [0, 0.05) is 55.1 Å². The number of aromatic nitrogens is 3. The van der Waals surface area contributed by atoms with Gasteiger partial charge in [-0.15, -0.1) is 0 Å². The van der Waals surface area contributed by atoms with Gasteiger partial charge in [0.2, 0.25) is 31.9 Å². The summed E-state index contributed by atoms with van der Waals surface area (Å²) >= 11 is 0. The van der Waals surface area contributed by atoms with E-state index >= 15 is 0 Å². The van der Waals surface area contributed by atoms with Crippen molar-refractivity contribution in [2.75, 3.05) is 41.5 Å². The van der Waals surface area contributed by atoms with Crippen LogP contribution in [0.15, 0.2) is 141 Å². The molecule has 8 N–H and O–H groups in total. The minimum atomic E-state index is -5.72. The number of ether oxygens (including phenoxy) is 1. The zero-order valence-electron chi connectivity index (χ0n) is 47.6. The minimum absolute atomic E-state index is 0. The fraction of sp³-hybridized carbons (Fsp3) is 0.317. The number of carboxylic acids is 2. The molecule has 0 aliphatic carbocycles.